The second kappa shape index (κ2) is 8.24. The third-order valence-electron chi connectivity index (χ3n) is 5.20. The van der Waals surface area contributed by atoms with E-state index in [1.807, 2.05) is 0 Å². The van der Waals surface area contributed by atoms with Crippen LogP contribution in [0.1, 0.15) is 28.3 Å². The summed E-state index contributed by atoms with van der Waals surface area (Å²) in [6.07, 6.45) is -0.313. The lowest BCUT2D eigenvalue weighted by atomic mass is 9.78. The number of imide groups is 2. The molecule has 0 saturated carbocycles. The number of carbonyl (C=O) groups excluding carboxylic acids is 4. The lowest BCUT2D eigenvalue weighted by Crippen LogP contribution is -2.58. The highest BCUT2D eigenvalue weighted by atomic mass is 16.6. The van der Waals surface area contributed by atoms with Crippen LogP contribution in [0, 0.1) is 16.0 Å². The van der Waals surface area contributed by atoms with Gasteiger partial charge in [-0.25, -0.2) is 4.79 Å². The predicted molar refractivity (Wildman–Crippen MR) is 106 cm³/mol. The maximum Gasteiger partial charge on any atom is 0.332 e. The van der Waals surface area contributed by atoms with Crippen LogP contribution >= 0.6 is 0 Å². The van der Waals surface area contributed by atoms with E-state index in [2.05, 4.69) is 0 Å². The Morgan fingerprint density at radius 3 is 2.07 bits per heavy atom. The largest absolute Gasteiger partial charge is 0.332 e. The van der Waals surface area contributed by atoms with Gasteiger partial charge in [-0.15, -0.1) is 0 Å². The van der Waals surface area contributed by atoms with Crippen LogP contribution in [0.15, 0.2) is 54.6 Å². The Morgan fingerprint density at radius 2 is 1.50 bits per heavy atom. The van der Waals surface area contributed by atoms with Crippen molar-refractivity contribution in [3.63, 3.8) is 0 Å². The van der Waals surface area contributed by atoms with E-state index in [1.54, 1.807) is 36.4 Å². The monoisotopic (exact) mass is 409 g/mol. The average molecular weight is 409 g/mol. The molecule has 30 heavy (non-hydrogen) atoms. The summed E-state index contributed by atoms with van der Waals surface area (Å²) < 4.78 is 0. The molecule has 0 spiro atoms. The molecule has 9 heteroatoms. The average Bonchev–Trinajstić information content (AvgIpc) is 2.76. The number of nitro benzene ring substituents is 1. The van der Waals surface area contributed by atoms with Crippen molar-refractivity contribution in [2.45, 2.75) is 12.3 Å². The summed E-state index contributed by atoms with van der Waals surface area (Å²) in [5.74, 6) is -4.52. The van der Waals surface area contributed by atoms with E-state index in [-0.39, 0.29) is 23.5 Å². The van der Waals surface area contributed by atoms with Crippen LogP contribution < -0.4 is 0 Å². The van der Waals surface area contributed by atoms with Gasteiger partial charge in [0, 0.05) is 43.6 Å². The van der Waals surface area contributed by atoms with Crippen molar-refractivity contribution < 1.29 is 24.1 Å². The fourth-order valence-corrected chi connectivity index (χ4v) is 3.60. The number of carbonyl (C=O) groups is 4. The number of hydrogen-bond acceptors (Lipinski definition) is 6. The fourth-order valence-electron chi connectivity index (χ4n) is 3.60. The normalized spacial score (nSPS) is 16.0. The zero-order valence-electron chi connectivity index (χ0n) is 16.3. The molecule has 154 valence electrons. The van der Waals surface area contributed by atoms with E-state index >= 15 is 0 Å². The number of nitrogens with zero attached hydrogens (tertiary/aromatic N) is 3. The highest BCUT2D eigenvalue weighted by Gasteiger charge is 2.48. The van der Waals surface area contributed by atoms with Crippen molar-refractivity contribution in [1.82, 2.24) is 9.80 Å². The van der Waals surface area contributed by atoms with Crippen molar-refractivity contribution in [1.29, 1.82) is 0 Å². The number of amides is 4. The molecule has 1 unspecified atom stereocenters. The number of urea groups is 1. The predicted octanol–water partition coefficient (Wildman–Crippen LogP) is 2.62. The molecule has 2 aromatic rings. The molecule has 0 aromatic heterocycles. The first-order valence-electron chi connectivity index (χ1n) is 9.14. The molecule has 0 radical (unpaired) electrons. The second-order valence-corrected chi connectivity index (χ2v) is 6.97. The van der Waals surface area contributed by atoms with E-state index in [1.165, 1.54) is 32.3 Å². The van der Waals surface area contributed by atoms with Crippen LogP contribution in [0.4, 0.5) is 10.5 Å². The minimum Gasteiger partial charge on any atom is -0.294 e. The molecule has 1 atom stereocenters. The van der Waals surface area contributed by atoms with E-state index in [9.17, 15) is 29.3 Å². The highest BCUT2D eigenvalue weighted by molar-refractivity contribution is 6.16. The number of benzene rings is 2. The minimum atomic E-state index is -1.44. The molecular formula is C21H19N3O6. The Morgan fingerprint density at radius 1 is 0.967 bits per heavy atom. The van der Waals surface area contributed by atoms with Gasteiger partial charge in [-0.2, -0.15) is 0 Å². The number of para-hydroxylation sites is 1. The standard InChI is InChI=1S/C21H19N3O6/c1-22-19(26)18(20(27)23(2)21(22)28)15(12-17(25)13-8-4-3-5-9-13)14-10-6-7-11-16(14)24(29)30/h3-11,15,18H,12H2,1-2H3. The molecule has 1 saturated heterocycles. The molecule has 1 aliphatic heterocycles. The number of ketones is 1. The number of Topliss-reactive ketones (excluding diaryl/α,β-unsaturated/α-hetero) is 1. The maximum atomic E-state index is 12.9. The smallest absolute Gasteiger partial charge is 0.294 e. The summed E-state index contributed by atoms with van der Waals surface area (Å²) >= 11 is 0. The Bertz CT molecular complexity index is 1010. The van der Waals surface area contributed by atoms with Crippen LogP contribution in [0.5, 0.6) is 0 Å². The van der Waals surface area contributed by atoms with Gasteiger partial charge in [0.1, 0.15) is 5.92 Å². The zero-order valence-corrected chi connectivity index (χ0v) is 16.3. The van der Waals surface area contributed by atoms with Gasteiger partial charge in [0.25, 0.3) is 5.69 Å². The molecule has 1 aliphatic rings. The molecule has 1 fully saturated rings. The molecule has 3 rings (SSSR count). The number of hydrogen-bond donors (Lipinski definition) is 0. The third-order valence-corrected chi connectivity index (χ3v) is 5.20. The van der Waals surface area contributed by atoms with Crippen LogP contribution in [0.3, 0.4) is 0 Å². The van der Waals surface area contributed by atoms with Gasteiger partial charge in [0.15, 0.2) is 5.78 Å². The molecule has 4 amide bonds. The first-order chi connectivity index (χ1) is 14.2. The first-order valence-corrected chi connectivity index (χ1v) is 9.14. The fraction of sp³-hybridized carbons (Fsp3) is 0.238. The van der Waals surface area contributed by atoms with Crippen LogP contribution in [0.25, 0.3) is 0 Å². The van der Waals surface area contributed by atoms with Crippen molar-refractivity contribution in [2.75, 3.05) is 14.1 Å². The quantitative estimate of drug-likeness (QED) is 0.313. The van der Waals surface area contributed by atoms with E-state index in [0.29, 0.717) is 5.56 Å². The zero-order chi connectivity index (χ0) is 22.0. The summed E-state index contributed by atoms with van der Waals surface area (Å²) in [6.45, 7) is 0. The number of rotatable bonds is 6. The minimum absolute atomic E-state index is 0.0923. The molecule has 0 aliphatic carbocycles. The van der Waals surface area contributed by atoms with Gasteiger partial charge in [-0.1, -0.05) is 48.5 Å². The van der Waals surface area contributed by atoms with E-state index in [0.717, 1.165) is 9.80 Å². The first kappa shape index (κ1) is 20.8. The lowest BCUT2D eigenvalue weighted by Gasteiger charge is -2.36. The molecule has 0 N–H and O–H groups in total. The van der Waals surface area contributed by atoms with E-state index < -0.39 is 34.6 Å². The molecule has 1 heterocycles. The summed E-state index contributed by atoms with van der Waals surface area (Å²) in [4.78, 5) is 63.3. The Balaban J connectivity index is 2.12. The van der Waals surface area contributed by atoms with Crippen LogP contribution in [0.2, 0.25) is 0 Å². The van der Waals surface area contributed by atoms with Crippen LogP contribution in [-0.4, -0.2) is 52.4 Å². The highest BCUT2D eigenvalue weighted by Crippen LogP contribution is 2.38. The summed E-state index contributed by atoms with van der Waals surface area (Å²) in [7, 11) is 2.46. The van der Waals surface area contributed by atoms with Gasteiger partial charge < -0.3 is 0 Å². The SMILES string of the molecule is CN1C(=O)C(C(CC(=O)c2ccccc2)c2ccccc2[N+](=O)[O-])C(=O)N(C)C1=O. The lowest BCUT2D eigenvalue weighted by molar-refractivity contribution is -0.385. The Kier molecular flexibility index (Phi) is 5.72. The van der Waals surface area contributed by atoms with Gasteiger partial charge in [-0.3, -0.25) is 34.3 Å². The Hall–Kier alpha value is -3.88. The maximum absolute atomic E-state index is 12.9. The van der Waals surface area contributed by atoms with Crippen molar-refractivity contribution in [2.24, 2.45) is 5.92 Å². The summed E-state index contributed by atoms with van der Waals surface area (Å²) in [6, 6.07) is 13.1. The van der Waals surface area contributed by atoms with Crippen molar-refractivity contribution in [3.05, 3.63) is 75.8 Å². The molecule has 2 aromatic carbocycles. The number of barbiturate groups is 1. The Labute approximate surface area is 172 Å². The molecule has 0 bridgehead atoms. The molecular weight excluding hydrogens is 390 g/mol. The van der Waals surface area contributed by atoms with Gasteiger partial charge in [-0.05, 0) is 0 Å². The second-order valence-electron chi connectivity index (χ2n) is 6.97. The van der Waals surface area contributed by atoms with Gasteiger partial charge in [0.05, 0.1) is 4.92 Å². The van der Waals surface area contributed by atoms with Crippen molar-refractivity contribution in [3.8, 4) is 0 Å². The topological polar surface area (TPSA) is 118 Å². The van der Waals surface area contributed by atoms with Crippen LogP contribution in [-0.2, 0) is 9.59 Å². The number of nitro groups is 1. The van der Waals surface area contributed by atoms with Gasteiger partial charge in [0.2, 0.25) is 11.8 Å². The molecule has 9 nitrogen and oxygen atoms in total. The third kappa shape index (κ3) is 3.69. The van der Waals surface area contributed by atoms with Gasteiger partial charge >= 0.3 is 6.03 Å². The van der Waals surface area contributed by atoms with Crippen molar-refractivity contribution >= 4 is 29.3 Å². The summed E-state index contributed by atoms with van der Waals surface area (Å²) in [5.41, 5.74) is 0.148. The summed E-state index contributed by atoms with van der Waals surface area (Å²) in [5, 5.41) is 11.6. The van der Waals surface area contributed by atoms with E-state index in [4.69, 9.17) is 0 Å².